The van der Waals surface area contributed by atoms with E-state index >= 15 is 0 Å². The third-order valence-corrected chi connectivity index (χ3v) is 4.62. The van der Waals surface area contributed by atoms with Gasteiger partial charge in [0, 0.05) is 6.42 Å². The van der Waals surface area contributed by atoms with Crippen LogP contribution in [0.1, 0.15) is 18.3 Å². The minimum Gasteiger partial charge on any atom is -0.268 e. The molecule has 3 aromatic carbocycles. The normalized spacial score (nSPS) is 10.7. The third-order valence-electron chi connectivity index (χ3n) is 4.62. The number of hydrogen-bond donors (Lipinski definition) is 0. The van der Waals surface area contributed by atoms with Crippen LogP contribution >= 0.6 is 0 Å². The molecule has 0 amide bonds. The van der Waals surface area contributed by atoms with Crippen molar-refractivity contribution in [2.24, 2.45) is 0 Å². The van der Waals surface area contributed by atoms with Gasteiger partial charge in [-0.2, -0.15) is 5.26 Å². The molecule has 27 heavy (non-hydrogen) atoms. The van der Waals surface area contributed by atoms with Crippen LogP contribution in [-0.4, -0.2) is 9.55 Å². The molecule has 0 saturated carbocycles. The molecule has 0 aliphatic rings. The Morgan fingerprint density at radius 3 is 2.37 bits per heavy atom. The van der Waals surface area contributed by atoms with Gasteiger partial charge in [0.25, 0.3) is 5.56 Å². The Balaban J connectivity index is 2.05. The van der Waals surface area contributed by atoms with Crippen LogP contribution in [0.25, 0.3) is 27.7 Å². The maximum atomic E-state index is 13.5. The van der Waals surface area contributed by atoms with Gasteiger partial charge in [-0.05, 0) is 41.5 Å². The minimum absolute atomic E-state index is 0.0805. The van der Waals surface area contributed by atoms with Crippen LogP contribution in [0.5, 0.6) is 0 Å². The number of para-hydroxylation sites is 1. The fourth-order valence-corrected chi connectivity index (χ4v) is 3.32. The highest BCUT2D eigenvalue weighted by Gasteiger charge is 2.15. The molecular weight excluding hydrogens is 334 g/mol. The van der Waals surface area contributed by atoms with E-state index < -0.39 is 0 Å². The summed E-state index contributed by atoms with van der Waals surface area (Å²) in [6, 6.07) is 24.7. The monoisotopic (exact) mass is 351 g/mol. The molecule has 0 unspecified atom stereocenters. The summed E-state index contributed by atoms with van der Waals surface area (Å²) >= 11 is 0. The number of rotatable bonds is 3. The summed E-state index contributed by atoms with van der Waals surface area (Å²) in [4.78, 5) is 18.3. The second-order valence-corrected chi connectivity index (χ2v) is 6.25. The van der Waals surface area contributed by atoms with E-state index in [2.05, 4.69) is 6.07 Å². The average Bonchev–Trinajstić information content (AvgIpc) is 2.73. The van der Waals surface area contributed by atoms with Crippen LogP contribution in [0.15, 0.2) is 77.6 Å². The molecule has 4 heteroatoms. The number of hydrogen-bond acceptors (Lipinski definition) is 3. The molecule has 1 aromatic heterocycles. The molecule has 4 rings (SSSR count). The van der Waals surface area contributed by atoms with Gasteiger partial charge < -0.3 is 0 Å². The highest BCUT2D eigenvalue weighted by Crippen LogP contribution is 2.26. The van der Waals surface area contributed by atoms with E-state index in [0.717, 1.165) is 22.6 Å². The van der Waals surface area contributed by atoms with Gasteiger partial charge in [-0.3, -0.25) is 9.36 Å². The molecule has 4 nitrogen and oxygen atoms in total. The van der Waals surface area contributed by atoms with E-state index in [0.29, 0.717) is 22.9 Å². The van der Waals surface area contributed by atoms with Crippen molar-refractivity contribution in [2.75, 3.05) is 0 Å². The van der Waals surface area contributed by atoms with Gasteiger partial charge in [-0.15, -0.1) is 0 Å². The predicted molar refractivity (Wildman–Crippen MR) is 107 cm³/mol. The fourth-order valence-electron chi connectivity index (χ4n) is 3.32. The van der Waals surface area contributed by atoms with E-state index in [1.807, 2.05) is 67.6 Å². The zero-order valence-corrected chi connectivity index (χ0v) is 14.9. The molecule has 0 atom stereocenters. The Kier molecular flexibility index (Phi) is 4.27. The number of aromatic nitrogens is 2. The number of benzene rings is 3. The van der Waals surface area contributed by atoms with Crippen molar-refractivity contribution >= 4 is 10.9 Å². The van der Waals surface area contributed by atoms with Crippen molar-refractivity contribution in [1.29, 1.82) is 5.26 Å². The number of nitriles is 1. The summed E-state index contributed by atoms with van der Waals surface area (Å²) < 4.78 is 1.69. The third kappa shape index (κ3) is 2.90. The molecule has 0 N–H and O–H groups in total. The minimum atomic E-state index is -0.0805. The summed E-state index contributed by atoms with van der Waals surface area (Å²) in [6.45, 7) is 2.00. The van der Waals surface area contributed by atoms with Crippen LogP contribution < -0.4 is 5.56 Å². The molecule has 130 valence electrons. The Labute approximate surface area is 157 Å². The number of fused-ring (bicyclic) bond motifs is 1. The van der Waals surface area contributed by atoms with Gasteiger partial charge in [0.15, 0.2) is 0 Å². The Morgan fingerprint density at radius 1 is 0.963 bits per heavy atom. The van der Waals surface area contributed by atoms with Gasteiger partial charge in [-0.25, -0.2) is 4.98 Å². The van der Waals surface area contributed by atoms with Crippen LogP contribution in [0.2, 0.25) is 0 Å². The predicted octanol–water partition coefficient (Wildman–Crippen LogP) is 4.49. The lowest BCUT2D eigenvalue weighted by Crippen LogP contribution is -2.24. The molecule has 0 saturated heterocycles. The van der Waals surface area contributed by atoms with Gasteiger partial charge in [0.2, 0.25) is 0 Å². The van der Waals surface area contributed by atoms with E-state index in [9.17, 15) is 4.79 Å². The average molecular weight is 351 g/mol. The first kappa shape index (κ1) is 16.7. The van der Waals surface area contributed by atoms with E-state index in [1.54, 1.807) is 16.7 Å². The molecule has 0 bridgehead atoms. The van der Waals surface area contributed by atoms with Crippen molar-refractivity contribution in [2.45, 2.75) is 13.3 Å². The maximum absolute atomic E-state index is 13.5. The maximum Gasteiger partial charge on any atom is 0.266 e. The van der Waals surface area contributed by atoms with Crippen LogP contribution in [-0.2, 0) is 6.42 Å². The van der Waals surface area contributed by atoms with E-state index in [1.165, 1.54) is 0 Å². The van der Waals surface area contributed by atoms with Gasteiger partial charge >= 0.3 is 0 Å². The standard InChI is InChI=1S/C23H17N3O/c1-2-21-25-20-10-6-9-19(17-13-11-16(15-24)12-14-17)22(20)23(27)26(21)18-7-4-3-5-8-18/h3-14H,2H2,1H3. The number of nitrogens with zero attached hydrogens (tertiary/aromatic N) is 3. The molecular formula is C23H17N3O. The molecule has 0 radical (unpaired) electrons. The van der Waals surface area contributed by atoms with E-state index in [4.69, 9.17) is 10.2 Å². The fraction of sp³-hybridized carbons (Fsp3) is 0.0870. The van der Waals surface area contributed by atoms with Crippen LogP contribution in [0.3, 0.4) is 0 Å². The van der Waals surface area contributed by atoms with E-state index in [-0.39, 0.29) is 5.56 Å². The number of aryl methyl sites for hydroxylation is 1. The lowest BCUT2D eigenvalue weighted by Gasteiger charge is -2.14. The second kappa shape index (κ2) is 6.89. The molecule has 0 fully saturated rings. The summed E-state index contributed by atoms with van der Waals surface area (Å²) in [5, 5.41) is 9.61. The first-order valence-corrected chi connectivity index (χ1v) is 8.83. The van der Waals surface area contributed by atoms with Crippen molar-refractivity contribution in [3.63, 3.8) is 0 Å². The topological polar surface area (TPSA) is 58.7 Å². The summed E-state index contributed by atoms with van der Waals surface area (Å²) in [5.74, 6) is 0.732. The lowest BCUT2D eigenvalue weighted by molar-refractivity contribution is 0.833. The second-order valence-electron chi connectivity index (χ2n) is 6.25. The lowest BCUT2D eigenvalue weighted by atomic mass is 10.00. The Morgan fingerprint density at radius 2 is 1.70 bits per heavy atom. The van der Waals surface area contributed by atoms with Crippen molar-refractivity contribution in [1.82, 2.24) is 9.55 Å². The van der Waals surface area contributed by atoms with Crippen molar-refractivity contribution < 1.29 is 0 Å². The van der Waals surface area contributed by atoms with Crippen LogP contribution in [0.4, 0.5) is 0 Å². The largest absolute Gasteiger partial charge is 0.268 e. The van der Waals surface area contributed by atoms with Gasteiger partial charge in [0.05, 0.1) is 28.2 Å². The smallest absolute Gasteiger partial charge is 0.266 e. The molecule has 0 aliphatic carbocycles. The quantitative estimate of drug-likeness (QED) is 0.546. The summed E-state index contributed by atoms with van der Waals surface area (Å²) in [5.41, 5.74) is 3.72. The van der Waals surface area contributed by atoms with Crippen molar-refractivity contribution in [3.05, 3.63) is 94.5 Å². The highest BCUT2D eigenvalue weighted by molar-refractivity contribution is 5.94. The molecule has 0 aliphatic heterocycles. The Hall–Kier alpha value is -3.71. The molecule has 4 aromatic rings. The highest BCUT2D eigenvalue weighted by atomic mass is 16.1. The first-order valence-electron chi connectivity index (χ1n) is 8.83. The SMILES string of the molecule is CCc1nc2cccc(-c3ccc(C#N)cc3)c2c(=O)n1-c1ccccc1. The zero-order valence-electron chi connectivity index (χ0n) is 14.9. The molecule has 0 spiro atoms. The summed E-state index contributed by atoms with van der Waals surface area (Å²) in [6.07, 6.45) is 0.654. The molecule has 1 heterocycles. The van der Waals surface area contributed by atoms with Crippen molar-refractivity contribution in [3.8, 4) is 22.9 Å². The zero-order chi connectivity index (χ0) is 18.8. The van der Waals surface area contributed by atoms with Gasteiger partial charge in [-0.1, -0.05) is 49.4 Å². The van der Waals surface area contributed by atoms with Gasteiger partial charge in [0.1, 0.15) is 5.82 Å². The first-order chi connectivity index (χ1) is 13.2. The Bertz CT molecular complexity index is 1220. The van der Waals surface area contributed by atoms with Crippen LogP contribution in [0, 0.1) is 11.3 Å². The summed E-state index contributed by atoms with van der Waals surface area (Å²) in [7, 11) is 0.